The van der Waals surface area contributed by atoms with Crippen molar-refractivity contribution < 1.29 is 9.53 Å². The zero-order valence-electron chi connectivity index (χ0n) is 12.8. The molecule has 1 heterocycles. The maximum absolute atomic E-state index is 12.1. The van der Waals surface area contributed by atoms with Gasteiger partial charge in [0, 0.05) is 30.6 Å². The van der Waals surface area contributed by atoms with Crippen LogP contribution in [-0.2, 0) is 9.53 Å². The average Bonchev–Trinajstić information content (AvgIpc) is 2.48. The number of amides is 1. The summed E-state index contributed by atoms with van der Waals surface area (Å²) in [5, 5.41) is 3.89. The Hall–Kier alpha value is -1.10. The predicted molar refractivity (Wildman–Crippen MR) is 86.9 cm³/mol. The SMILES string of the molecule is O=C(NC[C@@H](c1ccccc1Cl)N1CCOCC1)C1CCC1. The average molecular weight is 323 g/mol. The fourth-order valence-electron chi connectivity index (χ4n) is 3.08. The lowest BCUT2D eigenvalue weighted by atomic mass is 9.85. The van der Waals surface area contributed by atoms with Gasteiger partial charge in [0.25, 0.3) is 0 Å². The summed E-state index contributed by atoms with van der Waals surface area (Å²) in [5.74, 6) is 0.410. The van der Waals surface area contributed by atoms with Gasteiger partial charge in [-0.15, -0.1) is 0 Å². The van der Waals surface area contributed by atoms with Gasteiger partial charge >= 0.3 is 0 Å². The summed E-state index contributed by atoms with van der Waals surface area (Å²) < 4.78 is 5.44. The normalized spacial score (nSPS) is 21.1. The van der Waals surface area contributed by atoms with Gasteiger partial charge in [0.15, 0.2) is 0 Å². The first kappa shape index (κ1) is 15.8. The minimum atomic E-state index is 0.113. The van der Waals surface area contributed by atoms with Crippen LogP contribution >= 0.6 is 11.6 Å². The highest BCUT2D eigenvalue weighted by Gasteiger charge is 2.28. The molecule has 1 aromatic carbocycles. The summed E-state index contributed by atoms with van der Waals surface area (Å²) in [5.41, 5.74) is 1.08. The third kappa shape index (κ3) is 3.62. The highest BCUT2D eigenvalue weighted by Crippen LogP contribution is 2.29. The van der Waals surface area contributed by atoms with Gasteiger partial charge in [0.05, 0.1) is 19.3 Å². The summed E-state index contributed by atoms with van der Waals surface area (Å²) in [7, 11) is 0. The van der Waals surface area contributed by atoms with Crippen molar-refractivity contribution in [3.63, 3.8) is 0 Å². The quantitative estimate of drug-likeness (QED) is 0.906. The summed E-state index contributed by atoms with van der Waals surface area (Å²) in [4.78, 5) is 14.5. The number of benzene rings is 1. The first-order valence-corrected chi connectivity index (χ1v) is 8.47. The molecule has 0 radical (unpaired) electrons. The second-order valence-corrected chi connectivity index (χ2v) is 6.47. The van der Waals surface area contributed by atoms with Gasteiger partial charge in [-0.2, -0.15) is 0 Å². The van der Waals surface area contributed by atoms with E-state index in [0.29, 0.717) is 6.54 Å². The van der Waals surface area contributed by atoms with E-state index in [9.17, 15) is 4.79 Å². The number of hydrogen-bond acceptors (Lipinski definition) is 3. The maximum Gasteiger partial charge on any atom is 0.223 e. The molecule has 0 unspecified atom stereocenters. The number of nitrogens with zero attached hydrogens (tertiary/aromatic N) is 1. The molecule has 3 rings (SSSR count). The van der Waals surface area contributed by atoms with E-state index in [0.717, 1.165) is 49.7 Å². The first-order chi connectivity index (χ1) is 10.8. The molecule has 1 aromatic rings. The van der Waals surface area contributed by atoms with E-state index in [1.165, 1.54) is 6.42 Å². The number of carbonyl (C=O) groups is 1. The molecule has 22 heavy (non-hydrogen) atoms. The molecule has 120 valence electrons. The fraction of sp³-hybridized carbons (Fsp3) is 0.588. The van der Waals surface area contributed by atoms with Crippen molar-refractivity contribution in [3.05, 3.63) is 34.9 Å². The molecule has 0 bridgehead atoms. The molecule has 2 aliphatic rings. The highest BCUT2D eigenvalue weighted by molar-refractivity contribution is 6.31. The Morgan fingerprint density at radius 2 is 2.05 bits per heavy atom. The van der Waals surface area contributed by atoms with Gasteiger partial charge in [0.2, 0.25) is 5.91 Å². The number of hydrogen-bond donors (Lipinski definition) is 1. The first-order valence-electron chi connectivity index (χ1n) is 8.09. The Balaban J connectivity index is 1.70. The van der Waals surface area contributed by atoms with E-state index < -0.39 is 0 Å². The number of rotatable bonds is 5. The minimum Gasteiger partial charge on any atom is -0.379 e. The van der Waals surface area contributed by atoms with Gasteiger partial charge in [0.1, 0.15) is 0 Å². The van der Waals surface area contributed by atoms with Crippen molar-refractivity contribution >= 4 is 17.5 Å². The van der Waals surface area contributed by atoms with Crippen LogP contribution < -0.4 is 5.32 Å². The lowest BCUT2D eigenvalue weighted by molar-refractivity contribution is -0.127. The molecule has 0 spiro atoms. The smallest absolute Gasteiger partial charge is 0.223 e. The molecule has 0 aromatic heterocycles. The van der Waals surface area contributed by atoms with Crippen LogP contribution in [0.1, 0.15) is 30.9 Å². The Morgan fingerprint density at radius 1 is 1.32 bits per heavy atom. The van der Waals surface area contributed by atoms with E-state index >= 15 is 0 Å². The van der Waals surface area contributed by atoms with Crippen LogP contribution in [0.4, 0.5) is 0 Å². The standard InChI is InChI=1S/C17H23ClN2O2/c18-15-7-2-1-6-14(15)16(20-8-10-22-11-9-20)12-19-17(21)13-4-3-5-13/h1-2,6-7,13,16H,3-5,8-12H2,(H,19,21)/t16-/m0/s1. The zero-order valence-corrected chi connectivity index (χ0v) is 13.5. The highest BCUT2D eigenvalue weighted by atomic mass is 35.5. The lowest BCUT2D eigenvalue weighted by Gasteiger charge is -2.36. The Bertz CT molecular complexity index is 513. The van der Waals surface area contributed by atoms with E-state index in [1.807, 2.05) is 18.2 Å². The van der Waals surface area contributed by atoms with Gasteiger partial charge in [-0.3, -0.25) is 9.69 Å². The third-order valence-corrected chi connectivity index (χ3v) is 5.04. The second-order valence-electron chi connectivity index (χ2n) is 6.06. The van der Waals surface area contributed by atoms with Crippen molar-refractivity contribution in [1.82, 2.24) is 10.2 Å². The van der Waals surface area contributed by atoms with Gasteiger partial charge in [-0.25, -0.2) is 0 Å². The Kier molecular flexibility index (Phi) is 5.34. The summed E-state index contributed by atoms with van der Waals surface area (Å²) in [6.07, 6.45) is 3.23. The minimum absolute atomic E-state index is 0.113. The van der Waals surface area contributed by atoms with E-state index in [1.54, 1.807) is 0 Å². The number of halogens is 1. The van der Waals surface area contributed by atoms with Crippen LogP contribution in [0.2, 0.25) is 5.02 Å². The van der Waals surface area contributed by atoms with Crippen molar-refractivity contribution in [3.8, 4) is 0 Å². The lowest BCUT2D eigenvalue weighted by Crippen LogP contribution is -2.45. The van der Waals surface area contributed by atoms with Crippen molar-refractivity contribution in [2.24, 2.45) is 5.92 Å². The molecular weight excluding hydrogens is 300 g/mol. The van der Waals surface area contributed by atoms with Crippen LogP contribution in [0.15, 0.2) is 24.3 Å². The number of morpholine rings is 1. The van der Waals surface area contributed by atoms with Crippen LogP contribution in [-0.4, -0.2) is 43.7 Å². The summed E-state index contributed by atoms with van der Waals surface area (Å²) >= 11 is 6.38. The van der Waals surface area contributed by atoms with E-state index in [-0.39, 0.29) is 17.9 Å². The number of carbonyl (C=O) groups excluding carboxylic acids is 1. The molecule has 1 aliphatic heterocycles. The second kappa shape index (κ2) is 7.44. The molecule has 1 saturated carbocycles. The number of nitrogens with one attached hydrogen (secondary N) is 1. The van der Waals surface area contributed by atoms with Crippen LogP contribution in [0.25, 0.3) is 0 Å². The van der Waals surface area contributed by atoms with Crippen LogP contribution in [0.3, 0.4) is 0 Å². The summed E-state index contributed by atoms with van der Waals surface area (Å²) in [6.45, 7) is 3.82. The maximum atomic E-state index is 12.1. The van der Waals surface area contributed by atoms with Crippen molar-refractivity contribution in [2.75, 3.05) is 32.8 Å². The molecule has 5 heteroatoms. The van der Waals surface area contributed by atoms with Gasteiger partial charge in [-0.05, 0) is 24.5 Å². The molecule has 1 aliphatic carbocycles. The van der Waals surface area contributed by atoms with E-state index in [4.69, 9.17) is 16.3 Å². The van der Waals surface area contributed by atoms with Crippen LogP contribution in [0, 0.1) is 5.92 Å². The topological polar surface area (TPSA) is 41.6 Å². The molecule has 1 atom stereocenters. The summed E-state index contributed by atoms with van der Waals surface area (Å²) in [6, 6.07) is 8.02. The molecule has 1 N–H and O–H groups in total. The van der Waals surface area contributed by atoms with Crippen molar-refractivity contribution in [1.29, 1.82) is 0 Å². The molecular formula is C17H23ClN2O2. The molecule has 4 nitrogen and oxygen atoms in total. The zero-order chi connectivity index (χ0) is 15.4. The molecule has 1 saturated heterocycles. The molecule has 2 fully saturated rings. The third-order valence-electron chi connectivity index (χ3n) is 4.70. The van der Waals surface area contributed by atoms with Gasteiger partial charge in [-0.1, -0.05) is 36.2 Å². The van der Waals surface area contributed by atoms with Crippen LogP contribution in [0.5, 0.6) is 0 Å². The monoisotopic (exact) mass is 322 g/mol. The largest absolute Gasteiger partial charge is 0.379 e. The van der Waals surface area contributed by atoms with Gasteiger partial charge < -0.3 is 10.1 Å². The number of ether oxygens (including phenoxy) is 1. The van der Waals surface area contributed by atoms with Crippen molar-refractivity contribution in [2.45, 2.75) is 25.3 Å². The Labute approximate surface area is 136 Å². The predicted octanol–water partition coefficient (Wildman–Crippen LogP) is 2.63. The fourth-order valence-corrected chi connectivity index (χ4v) is 3.34. The Morgan fingerprint density at radius 3 is 2.68 bits per heavy atom. The van der Waals surface area contributed by atoms with E-state index in [2.05, 4.69) is 16.3 Å². The molecule has 1 amide bonds.